The van der Waals surface area contributed by atoms with Gasteiger partial charge in [-0.25, -0.2) is 4.39 Å². The molecular weight excluding hydrogens is 293 g/mol. The highest BCUT2D eigenvalue weighted by molar-refractivity contribution is 5.81. The lowest BCUT2D eigenvalue weighted by Gasteiger charge is -2.40. The zero-order valence-electron chi connectivity index (χ0n) is 13.3. The van der Waals surface area contributed by atoms with E-state index < -0.39 is 6.36 Å². The van der Waals surface area contributed by atoms with Crippen LogP contribution >= 0.6 is 0 Å². The van der Waals surface area contributed by atoms with Gasteiger partial charge in [0.05, 0.1) is 0 Å². The van der Waals surface area contributed by atoms with Crippen LogP contribution in [0.5, 0.6) is 11.5 Å². The van der Waals surface area contributed by atoms with Crippen molar-refractivity contribution >= 4 is 0 Å². The Balaban J connectivity index is 1.97. The van der Waals surface area contributed by atoms with Gasteiger partial charge in [0.1, 0.15) is 11.5 Å². The molecule has 0 saturated heterocycles. The number of hydrogen-bond donors (Lipinski definition) is 1. The van der Waals surface area contributed by atoms with E-state index >= 15 is 0 Å². The summed E-state index contributed by atoms with van der Waals surface area (Å²) in [5, 5.41) is 10.4. The van der Waals surface area contributed by atoms with Crippen LogP contribution in [0.15, 0.2) is 30.3 Å². The lowest BCUT2D eigenvalue weighted by Crippen LogP contribution is -2.35. The number of rotatable bonds is 2. The summed E-state index contributed by atoms with van der Waals surface area (Å²) in [6, 6.07) is 9.79. The van der Waals surface area contributed by atoms with Crippen molar-refractivity contribution < 1.29 is 14.2 Å². The molecule has 0 saturated carbocycles. The molecule has 2 unspecified atom stereocenters. The molecule has 4 rings (SSSR count). The van der Waals surface area contributed by atoms with Crippen molar-refractivity contribution in [1.82, 2.24) is 4.90 Å². The zero-order chi connectivity index (χ0) is 16.1. The highest BCUT2D eigenvalue weighted by Gasteiger charge is 2.34. The molecule has 2 aromatic rings. The van der Waals surface area contributed by atoms with Crippen LogP contribution in [0, 0.1) is 0 Å². The molecule has 4 heteroatoms. The second-order valence-electron chi connectivity index (χ2n) is 6.47. The zero-order valence-corrected chi connectivity index (χ0v) is 13.3. The fourth-order valence-corrected chi connectivity index (χ4v) is 3.95. The summed E-state index contributed by atoms with van der Waals surface area (Å²) in [6.45, 7) is 2.35. The number of phenolic OH excluding ortho intramolecular Hbond substituents is 1. The predicted molar refractivity (Wildman–Crippen MR) is 87.5 cm³/mol. The van der Waals surface area contributed by atoms with Gasteiger partial charge in [-0.15, -0.1) is 0 Å². The molecule has 3 nitrogen and oxygen atoms in total. The Bertz CT molecular complexity index is 772. The first-order valence-electron chi connectivity index (χ1n) is 8.03. The highest BCUT2D eigenvalue weighted by Crippen LogP contribution is 2.49. The van der Waals surface area contributed by atoms with Crippen molar-refractivity contribution in [2.45, 2.75) is 32.2 Å². The van der Waals surface area contributed by atoms with Gasteiger partial charge in [0.2, 0.25) is 6.36 Å². The molecule has 1 N–H and O–H groups in total. The molecule has 2 aromatic carbocycles. The summed E-state index contributed by atoms with van der Waals surface area (Å²) < 4.78 is 18.6. The first kappa shape index (κ1) is 14.5. The SMILES string of the molecule is CC(F)Oc1cc2c3c(c1)-c1c(O)cccc1CC3N(C)CC2. The highest BCUT2D eigenvalue weighted by atomic mass is 19.1. The Hall–Kier alpha value is -2.07. The molecule has 0 fully saturated rings. The molecule has 1 aliphatic carbocycles. The minimum atomic E-state index is -1.35. The van der Waals surface area contributed by atoms with Crippen molar-refractivity contribution in [2.24, 2.45) is 0 Å². The maximum absolute atomic E-state index is 13.3. The van der Waals surface area contributed by atoms with Crippen molar-refractivity contribution in [3.8, 4) is 22.6 Å². The Morgan fingerprint density at radius 2 is 2.13 bits per heavy atom. The first-order valence-corrected chi connectivity index (χ1v) is 8.03. The van der Waals surface area contributed by atoms with Gasteiger partial charge in [0.25, 0.3) is 0 Å². The van der Waals surface area contributed by atoms with Gasteiger partial charge < -0.3 is 9.84 Å². The quantitative estimate of drug-likeness (QED) is 0.914. The van der Waals surface area contributed by atoms with Crippen LogP contribution in [0.4, 0.5) is 4.39 Å². The van der Waals surface area contributed by atoms with E-state index in [0.29, 0.717) is 11.8 Å². The Labute approximate surface area is 135 Å². The third-order valence-electron chi connectivity index (χ3n) is 4.95. The third kappa shape index (κ3) is 2.29. The smallest absolute Gasteiger partial charge is 0.235 e. The van der Waals surface area contributed by atoms with Crippen molar-refractivity contribution in [1.29, 1.82) is 0 Å². The number of nitrogens with zero attached hydrogens (tertiary/aromatic N) is 1. The van der Waals surface area contributed by atoms with E-state index in [0.717, 1.165) is 36.1 Å². The molecule has 2 aliphatic rings. The number of hydrogen-bond acceptors (Lipinski definition) is 3. The number of benzene rings is 2. The summed E-state index contributed by atoms with van der Waals surface area (Å²) in [7, 11) is 2.14. The minimum absolute atomic E-state index is 0.279. The van der Waals surface area contributed by atoms with Gasteiger partial charge in [-0.05, 0) is 60.3 Å². The van der Waals surface area contributed by atoms with E-state index in [-0.39, 0.29) is 5.75 Å². The molecule has 0 spiro atoms. The second-order valence-corrected chi connectivity index (χ2v) is 6.47. The van der Waals surface area contributed by atoms with E-state index in [4.69, 9.17) is 4.74 Å². The number of halogens is 1. The number of ether oxygens (including phenoxy) is 1. The summed E-state index contributed by atoms with van der Waals surface area (Å²) in [6.07, 6.45) is 0.450. The van der Waals surface area contributed by atoms with Gasteiger partial charge in [-0.2, -0.15) is 0 Å². The Kier molecular flexibility index (Phi) is 3.31. The maximum Gasteiger partial charge on any atom is 0.235 e. The van der Waals surface area contributed by atoms with Crippen molar-refractivity contribution in [3.63, 3.8) is 0 Å². The fourth-order valence-electron chi connectivity index (χ4n) is 3.95. The average Bonchev–Trinajstić information content (AvgIpc) is 2.50. The molecule has 0 aromatic heterocycles. The summed E-state index contributed by atoms with van der Waals surface area (Å²) >= 11 is 0. The Morgan fingerprint density at radius 3 is 2.91 bits per heavy atom. The van der Waals surface area contributed by atoms with E-state index in [2.05, 4.69) is 18.0 Å². The molecule has 0 bridgehead atoms. The van der Waals surface area contributed by atoms with Crippen molar-refractivity contribution in [3.05, 3.63) is 47.0 Å². The second kappa shape index (κ2) is 5.24. The Morgan fingerprint density at radius 1 is 1.30 bits per heavy atom. The number of phenols is 1. The first-order chi connectivity index (χ1) is 11.0. The normalized spacial score (nSPS) is 20.6. The molecule has 1 heterocycles. The van der Waals surface area contributed by atoms with Crippen LogP contribution in [0.2, 0.25) is 0 Å². The van der Waals surface area contributed by atoms with Crippen LogP contribution in [-0.2, 0) is 12.8 Å². The maximum atomic E-state index is 13.3. The van der Waals surface area contributed by atoms with Gasteiger partial charge in [-0.3, -0.25) is 4.90 Å². The predicted octanol–water partition coefficient (Wildman–Crippen LogP) is 3.84. The topological polar surface area (TPSA) is 32.7 Å². The van der Waals surface area contributed by atoms with E-state index in [9.17, 15) is 9.50 Å². The van der Waals surface area contributed by atoms with Gasteiger partial charge in [-0.1, -0.05) is 12.1 Å². The lowest BCUT2D eigenvalue weighted by atomic mass is 9.77. The summed E-state index contributed by atoms with van der Waals surface area (Å²) in [5.41, 5.74) is 5.44. The van der Waals surface area contributed by atoms with Crippen LogP contribution in [-0.4, -0.2) is 30.0 Å². The fraction of sp³-hybridized carbons (Fsp3) is 0.368. The largest absolute Gasteiger partial charge is 0.507 e. The monoisotopic (exact) mass is 313 g/mol. The molecular formula is C19H20FNO2. The van der Waals surface area contributed by atoms with Crippen molar-refractivity contribution in [2.75, 3.05) is 13.6 Å². The lowest BCUT2D eigenvalue weighted by molar-refractivity contribution is 0.0858. The summed E-state index contributed by atoms with van der Waals surface area (Å²) in [4.78, 5) is 2.36. The summed E-state index contributed by atoms with van der Waals surface area (Å²) in [5.74, 6) is 0.815. The number of alkyl halides is 1. The van der Waals surface area contributed by atoms with Crippen LogP contribution < -0.4 is 4.74 Å². The van der Waals surface area contributed by atoms with E-state index in [1.807, 2.05) is 18.2 Å². The minimum Gasteiger partial charge on any atom is -0.507 e. The van der Waals surface area contributed by atoms with Crippen LogP contribution in [0.1, 0.15) is 29.7 Å². The molecule has 23 heavy (non-hydrogen) atoms. The molecule has 120 valence electrons. The molecule has 0 amide bonds. The average molecular weight is 313 g/mol. The molecule has 2 atom stereocenters. The third-order valence-corrected chi connectivity index (χ3v) is 4.95. The number of fused-ring (bicyclic) bond motifs is 2. The van der Waals surface area contributed by atoms with Crippen LogP contribution in [0.3, 0.4) is 0 Å². The standard InChI is InChI=1S/C19H20FNO2/c1-11(20)23-14-8-13-6-7-21(2)16-9-12-4-3-5-17(22)19(12)15(10-14)18(13)16/h3-5,8,10-11,16,22H,6-7,9H2,1-2H3. The van der Waals surface area contributed by atoms with Gasteiger partial charge in [0.15, 0.2) is 0 Å². The molecule has 1 aliphatic heterocycles. The van der Waals surface area contributed by atoms with Gasteiger partial charge >= 0.3 is 0 Å². The van der Waals surface area contributed by atoms with Gasteiger partial charge in [0, 0.05) is 25.1 Å². The molecule has 0 radical (unpaired) electrons. The number of likely N-dealkylation sites (N-methyl/N-ethyl adjacent to an activating group) is 1. The number of aromatic hydroxyl groups is 1. The van der Waals surface area contributed by atoms with E-state index in [1.165, 1.54) is 18.1 Å². The van der Waals surface area contributed by atoms with E-state index in [1.54, 1.807) is 6.07 Å². The van der Waals surface area contributed by atoms with Crippen LogP contribution in [0.25, 0.3) is 11.1 Å².